The summed E-state index contributed by atoms with van der Waals surface area (Å²) in [6.45, 7) is 3.82. The van der Waals surface area contributed by atoms with Crippen molar-refractivity contribution in [1.82, 2.24) is 4.90 Å². The van der Waals surface area contributed by atoms with E-state index in [1.165, 1.54) is 6.42 Å². The van der Waals surface area contributed by atoms with Crippen molar-refractivity contribution in [3.63, 3.8) is 0 Å². The Balaban J connectivity index is 1.86. The fourth-order valence-electron chi connectivity index (χ4n) is 3.24. The second-order valence-electron chi connectivity index (χ2n) is 5.92. The van der Waals surface area contributed by atoms with Crippen LogP contribution in [0.25, 0.3) is 0 Å². The molecular weight excluding hydrogens is 252 g/mol. The van der Waals surface area contributed by atoms with Crippen molar-refractivity contribution in [1.29, 1.82) is 0 Å². The lowest BCUT2D eigenvalue weighted by molar-refractivity contribution is -0.136. The van der Waals surface area contributed by atoms with Crippen LogP contribution >= 0.6 is 0 Å². The molecule has 106 valence electrons. The van der Waals surface area contributed by atoms with Gasteiger partial charge in [-0.3, -0.25) is 9.59 Å². The fraction of sp³-hybridized carbons (Fsp3) is 0.500. The Hall–Kier alpha value is -1.84. The van der Waals surface area contributed by atoms with Gasteiger partial charge in [0.2, 0.25) is 11.8 Å². The SMILES string of the molecule is CC1CCCN(C(=O)C2CC(=O)Nc3ccccc32)C1. The summed E-state index contributed by atoms with van der Waals surface area (Å²) in [4.78, 5) is 26.5. The number of nitrogens with one attached hydrogen (secondary N) is 1. The molecule has 0 aliphatic carbocycles. The van der Waals surface area contributed by atoms with Crippen LogP contribution in [0.1, 0.15) is 37.7 Å². The molecule has 2 aliphatic heterocycles. The number of fused-ring (bicyclic) bond motifs is 1. The van der Waals surface area contributed by atoms with Crippen LogP contribution in [-0.2, 0) is 9.59 Å². The monoisotopic (exact) mass is 272 g/mol. The Morgan fingerprint density at radius 2 is 2.15 bits per heavy atom. The topological polar surface area (TPSA) is 49.4 Å². The molecule has 2 aliphatic rings. The number of amides is 2. The van der Waals surface area contributed by atoms with Gasteiger partial charge in [-0.15, -0.1) is 0 Å². The lowest BCUT2D eigenvalue weighted by Crippen LogP contribution is -2.43. The van der Waals surface area contributed by atoms with E-state index < -0.39 is 0 Å². The van der Waals surface area contributed by atoms with Crippen LogP contribution in [0.5, 0.6) is 0 Å². The average Bonchev–Trinajstić information content (AvgIpc) is 2.45. The van der Waals surface area contributed by atoms with E-state index in [1.807, 2.05) is 29.2 Å². The Kier molecular flexibility index (Phi) is 3.47. The van der Waals surface area contributed by atoms with Crippen LogP contribution in [0, 0.1) is 5.92 Å². The van der Waals surface area contributed by atoms with Crippen molar-refractivity contribution in [3.8, 4) is 0 Å². The average molecular weight is 272 g/mol. The Morgan fingerprint density at radius 1 is 1.35 bits per heavy atom. The van der Waals surface area contributed by atoms with Gasteiger partial charge in [-0.2, -0.15) is 0 Å². The summed E-state index contributed by atoms with van der Waals surface area (Å²) in [7, 11) is 0. The largest absolute Gasteiger partial charge is 0.342 e. The molecule has 2 atom stereocenters. The maximum absolute atomic E-state index is 12.8. The van der Waals surface area contributed by atoms with E-state index in [9.17, 15) is 9.59 Å². The zero-order chi connectivity index (χ0) is 14.1. The van der Waals surface area contributed by atoms with Gasteiger partial charge in [0.25, 0.3) is 0 Å². The number of benzene rings is 1. The quantitative estimate of drug-likeness (QED) is 0.853. The number of hydrogen-bond acceptors (Lipinski definition) is 2. The number of anilines is 1. The Labute approximate surface area is 119 Å². The first-order valence-electron chi connectivity index (χ1n) is 7.32. The molecule has 2 heterocycles. The molecule has 2 amide bonds. The normalized spacial score (nSPS) is 25.9. The first-order chi connectivity index (χ1) is 9.65. The highest BCUT2D eigenvalue weighted by molar-refractivity contribution is 6.01. The molecular formula is C16H20N2O2. The summed E-state index contributed by atoms with van der Waals surface area (Å²) in [6.07, 6.45) is 2.51. The van der Waals surface area contributed by atoms with Gasteiger partial charge in [0.1, 0.15) is 0 Å². The fourth-order valence-corrected chi connectivity index (χ4v) is 3.24. The highest BCUT2D eigenvalue weighted by atomic mass is 16.2. The van der Waals surface area contributed by atoms with Crippen LogP contribution in [0.4, 0.5) is 5.69 Å². The van der Waals surface area contributed by atoms with Crippen molar-refractivity contribution in [2.24, 2.45) is 5.92 Å². The van der Waals surface area contributed by atoms with E-state index in [2.05, 4.69) is 12.2 Å². The highest BCUT2D eigenvalue weighted by Gasteiger charge is 2.34. The summed E-state index contributed by atoms with van der Waals surface area (Å²) >= 11 is 0. The third-order valence-corrected chi connectivity index (χ3v) is 4.27. The van der Waals surface area contributed by atoms with E-state index >= 15 is 0 Å². The summed E-state index contributed by atoms with van der Waals surface area (Å²) in [6, 6.07) is 7.63. The minimum atomic E-state index is -0.315. The Bertz CT molecular complexity index is 541. The van der Waals surface area contributed by atoms with Gasteiger partial charge in [-0.1, -0.05) is 25.1 Å². The number of hydrogen-bond donors (Lipinski definition) is 1. The van der Waals surface area contributed by atoms with E-state index in [1.54, 1.807) is 0 Å². The standard InChI is InChI=1S/C16H20N2O2/c1-11-5-4-8-18(10-11)16(20)13-9-15(19)17-14-7-3-2-6-12(13)14/h2-3,6-7,11,13H,4-5,8-10H2,1H3,(H,17,19). The number of piperidine rings is 1. The first-order valence-corrected chi connectivity index (χ1v) is 7.32. The van der Waals surface area contributed by atoms with Crippen molar-refractivity contribution >= 4 is 17.5 Å². The van der Waals surface area contributed by atoms with Crippen molar-refractivity contribution in [3.05, 3.63) is 29.8 Å². The minimum Gasteiger partial charge on any atom is -0.342 e. The molecule has 3 rings (SSSR count). The number of likely N-dealkylation sites (tertiary alicyclic amines) is 1. The molecule has 4 heteroatoms. The zero-order valence-electron chi connectivity index (χ0n) is 11.8. The van der Waals surface area contributed by atoms with E-state index in [-0.39, 0.29) is 24.2 Å². The van der Waals surface area contributed by atoms with Gasteiger partial charge in [0.05, 0.1) is 5.92 Å². The summed E-state index contributed by atoms with van der Waals surface area (Å²) in [5, 5.41) is 2.85. The van der Waals surface area contributed by atoms with Crippen LogP contribution in [0.3, 0.4) is 0 Å². The summed E-state index contributed by atoms with van der Waals surface area (Å²) in [5.41, 5.74) is 1.74. The predicted octanol–water partition coefficient (Wildman–Crippen LogP) is 2.37. The maximum Gasteiger partial charge on any atom is 0.230 e. The van der Waals surface area contributed by atoms with E-state index in [0.717, 1.165) is 30.8 Å². The van der Waals surface area contributed by atoms with Crippen LogP contribution in [-0.4, -0.2) is 29.8 Å². The second kappa shape index (κ2) is 5.27. The van der Waals surface area contributed by atoms with Crippen molar-refractivity contribution < 1.29 is 9.59 Å². The molecule has 1 aromatic rings. The third kappa shape index (κ3) is 2.42. The molecule has 2 unspecified atom stereocenters. The third-order valence-electron chi connectivity index (χ3n) is 4.27. The van der Waals surface area contributed by atoms with Gasteiger partial charge in [-0.25, -0.2) is 0 Å². The predicted molar refractivity (Wildman–Crippen MR) is 77.4 cm³/mol. The van der Waals surface area contributed by atoms with Crippen LogP contribution < -0.4 is 5.32 Å². The summed E-state index contributed by atoms with van der Waals surface area (Å²) < 4.78 is 0. The molecule has 4 nitrogen and oxygen atoms in total. The molecule has 1 fully saturated rings. The molecule has 1 N–H and O–H groups in total. The lowest BCUT2D eigenvalue weighted by atomic mass is 9.88. The maximum atomic E-state index is 12.8. The molecule has 20 heavy (non-hydrogen) atoms. The molecule has 1 aromatic carbocycles. The smallest absolute Gasteiger partial charge is 0.230 e. The lowest BCUT2D eigenvalue weighted by Gasteiger charge is -2.35. The van der Waals surface area contributed by atoms with Gasteiger partial charge < -0.3 is 10.2 Å². The number of carbonyl (C=O) groups is 2. The van der Waals surface area contributed by atoms with Gasteiger partial charge in [0, 0.05) is 25.2 Å². The highest BCUT2D eigenvalue weighted by Crippen LogP contribution is 2.34. The Morgan fingerprint density at radius 3 is 2.95 bits per heavy atom. The number of carbonyl (C=O) groups excluding carboxylic acids is 2. The van der Waals surface area contributed by atoms with Crippen molar-refractivity contribution in [2.75, 3.05) is 18.4 Å². The molecule has 0 aromatic heterocycles. The molecule has 1 saturated heterocycles. The first kappa shape index (κ1) is 13.2. The molecule has 0 radical (unpaired) electrons. The van der Waals surface area contributed by atoms with E-state index in [0.29, 0.717) is 5.92 Å². The van der Waals surface area contributed by atoms with Gasteiger partial charge in [-0.05, 0) is 30.4 Å². The number of rotatable bonds is 1. The summed E-state index contributed by atoms with van der Waals surface area (Å²) in [5.74, 6) is 0.288. The van der Waals surface area contributed by atoms with Crippen LogP contribution in [0.15, 0.2) is 24.3 Å². The molecule has 0 spiro atoms. The minimum absolute atomic E-state index is 0.0629. The molecule has 0 saturated carbocycles. The van der Waals surface area contributed by atoms with Gasteiger partial charge in [0.15, 0.2) is 0 Å². The second-order valence-corrected chi connectivity index (χ2v) is 5.92. The number of nitrogens with zero attached hydrogens (tertiary/aromatic N) is 1. The zero-order valence-corrected chi connectivity index (χ0v) is 11.8. The van der Waals surface area contributed by atoms with Gasteiger partial charge >= 0.3 is 0 Å². The van der Waals surface area contributed by atoms with Crippen LogP contribution in [0.2, 0.25) is 0 Å². The van der Waals surface area contributed by atoms with Crippen molar-refractivity contribution in [2.45, 2.75) is 32.1 Å². The molecule has 0 bridgehead atoms. The van der Waals surface area contributed by atoms with E-state index in [4.69, 9.17) is 0 Å². The number of para-hydroxylation sites is 1.